The standard InChI is InChI=1S/C15H14N4O4S2/c16-8-10-3-5-11(6-4-10)23-13-9-17-15(24-13)18-14(20)12-2-1-7-19(12)25(21)22/h3-6,9,12H,1-2,7H2,(H,21,22)(H,17,18,20)/t12-/m1/s1. The van der Waals surface area contributed by atoms with E-state index in [-0.39, 0.29) is 5.91 Å². The summed E-state index contributed by atoms with van der Waals surface area (Å²) in [5.41, 5.74) is 0.534. The minimum Gasteiger partial charge on any atom is -0.445 e. The Hall–Kier alpha value is -2.32. The van der Waals surface area contributed by atoms with Crippen LogP contribution in [0.5, 0.6) is 10.8 Å². The lowest BCUT2D eigenvalue weighted by atomic mass is 10.2. The molecule has 8 nitrogen and oxygen atoms in total. The average Bonchev–Trinajstić information content (AvgIpc) is 3.25. The van der Waals surface area contributed by atoms with Crippen LogP contribution in [0.15, 0.2) is 30.5 Å². The maximum Gasteiger partial charge on any atom is 0.244 e. The van der Waals surface area contributed by atoms with E-state index < -0.39 is 17.3 Å². The Morgan fingerprint density at radius 2 is 2.24 bits per heavy atom. The van der Waals surface area contributed by atoms with Crippen LogP contribution in [0.1, 0.15) is 18.4 Å². The van der Waals surface area contributed by atoms with Gasteiger partial charge in [-0.15, -0.1) is 0 Å². The SMILES string of the molecule is N#Cc1ccc(Oc2cnc(NC(=O)[C@H]3CCCN3S(=O)O)s2)cc1. The highest BCUT2D eigenvalue weighted by Gasteiger charge is 2.34. The van der Waals surface area contributed by atoms with Gasteiger partial charge in [-0.3, -0.25) is 9.35 Å². The lowest BCUT2D eigenvalue weighted by Gasteiger charge is -2.18. The third kappa shape index (κ3) is 4.21. The van der Waals surface area contributed by atoms with Gasteiger partial charge >= 0.3 is 0 Å². The Balaban J connectivity index is 1.62. The summed E-state index contributed by atoms with van der Waals surface area (Å²) < 4.78 is 27.3. The number of nitriles is 1. The van der Waals surface area contributed by atoms with Gasteiger partial charge in [-0.05, 0) is 37.1 Å². The van der Waals surface area contributed by atoms with Crippen molar-refractivity contribution in [3.8, 4) is 16.9 Å². The van der Waals surface area contributed by atoms with Crippen LogP contribution in [-0.4, -0.2) is 36.5 Å². The van der Waals surface area contributed by atoms with Crippen molar-refractivity contribution in [2.75, 3.05) is 11.9 Å². The molecule has 2 N–H and O–H groups in total. The molecule has 1 aliphatic rings. The van der Waals surface area contributed by atoms with Crippen molar-refractivity contribution in [3.05, 3.63) is 36.0 Å². The molecule has 2 aromatic rings. The Morgan fingerprint density at radius 1 is 1.48 bits per heavy atom. The van der Waals surface area contributed by atoms with Crippen molar-refractivity contribution in [2.24, 2.45) is 0 Å². The normalized spacial score (nSPS) is 18.5. The molecule has 0 spiro atoms. The molecule has 130 valence electrons. The molecule has 1 aliphatic heterocycles. The predicted octanol–water partition coefficient (Wildman–Crippen LogP) is 2.35. The van der Waals surface area contributed by atoms with E-state index in [4.69, 9.17) is 10.00 Å². The van der Waals surface area contributed by atoms with Crippen LogP contribution < -0.4 is 10.1 Å². The van der Waals surface area contributed by atoms with Crippen molar-refractivity contribution in [1.29, 1.82) is 5.26 Å². The van der Waals surface area contributed by atoms with Gasteiger partial charge in [-0.2, -0.15) is 9.57 Å². The zero-order chi connectivity index (χ0) is 17.8. The molecular weight excluding hydrogens is 364 g/mol. The number of carbonyl (C=O) groups excluding carboxylic acids is 1. The first-order chi connectivity index (χ1) is 12.1. The number of nitrogens with one attached hydrogen (secondary N) is 1. The Morgan fingerprint density at radius 3 is 2.92 bits per heavy atom. The highest BCUT2D eigenvalue weighted by molar-refractivity contribution is 7.76. The minimum atomic E-state index is -2.17. The molecule has 1 unspecified atom stereocenters. The molecule has 1 aromatic carbocycles. The van der Waals surface area contributed by atoms with Crippen LogP contribution in [-0.2, 0) is 16.1 Å². The Bertz CT molecular complexity index is 831. The zero-order valence-corrected chi connectivity index (χ0v) is 14.5. The summed E-state index contributed by atoms with van der Waals surface area (Å²) in [7, 11) is 0. The summed E-state index contributed by atoms with van der Waals surface area (Å²) >= 11 is -1.02. The van der Waals surface area contributed by atoms with E-state index >= 15 is 0 Å². The molecule has 1 fully saturated rings. The van der Waals surface area contributed by atoms with Crippen molar-refractivity contribution < 1.29 is 18.3 Å². The van der Waals surface area contributed by atoms with Crippen molar-refractivity contribution in [3.63, 3.8) is 0 Å². The van der Waals surface area contributed by atoms with Gasteiger partial charge in [0.05, 0.1) is 17.8 Å². The fraction of sp³-hybridized carbons (Fsp3) is 0.267. The minimum absolute atomic E-state index is 0.351. The van der Waals surface area contributed by atoms with Crippen molar-refractivity contribution >= 4 is 33.6 Å². The summed E-state index contributed by atoms with van der Waals surface area (Å²) in [6, 6.07) is 8.01. The third-order valence-electron chi connectivity index (χ3n) is 3.62. The van der Waals surface area contributed by atoms with E-state index in [1.54, 1.807) is 24.3 Å². The highest BCUT2D eigenvalue weighted by Crippen LogP contribution is 2.31. The van der Waals surface area contributed by atoms with Gasteiger partial charge in [-0.25, -0.2) is 9.19 Å². The van der Waals surface area contributed by atoms with Crippen LogP contribution in [0.3, 0.4) is 0 Å². The van der Waals surface area contributed by atoms with Crippen molar-refractivity contribution in [1.82, 2.24) is 9.29 Å². The summed E-state index contributed by atoms with van der Waals surface area (Å²) in [6.45, 7) is 0.409. The molecule has 1 amide bonds. The Labute approximate surface area is 150 Å². The second kappa shape index (κ2) is 7.71. The fourth-order valence-corrected chi connectivity index (χ4v) is 3.85. The van der Waals surface area contributed by atoms with Gasteiger partial charge in [0.25, 0.3) is 0 Å². The lowest BCUT2D eigenvalue weighted by molar-refractivity contribution is -0.119. The molecule has 0 aliphatic carbocycles. The molecule has 0 radical (unpaired) electrons. The lowest BCUT2D eigenvalue weighted by Crippen LogP contribution is -2.40. The van der Waals surface area contributed by atoms with Gasteiger partial charge in [0.2, 0.25) is 22.2 Å². The largest absolute Gasteiger partial charge is 0.445 e. The fourth-order valence-electron chi connectivity index (χ4n) is 2.46. The van der Waals surface area contributed by atoms with Crippen LogP contribution >= 0.6 is 11.3 Å². The first-order valence-electron chi connectivity index (χ1n) is 7.39. The monoisotopic (exact) mass is 378 g/mol. The van der Waals surface area contributed by atoms with Gasteiger partial charge in [0.15, 0.2) is 5.13 Å². The van der Waals surface area contributed by atoms with Crippen LogP contribution in [0.4, 0.5) is 5.13 Å². The second-order valence-corrected chi connectivity index (χ2v) is 7.17. The number of benzene rings is 1. The first kappa shape index (κ1) is 17.5. The van der Waals surface area contributed by atoms with E-state index in [0.29, 0.717) is 40.9 Å². The maximum absolute atomic E-state index is 12.3. The molecule has 2 atom stereocenters. The molecule has 0 bridgehead atoms. The number of hydrogen-bond acceptors (Lipinski definition) is 6. The number of amides is 1. The number of anilines is 1. The number of aromatic nitrogens is 1. The smallest absolute Gasteiger partial charge is 0.244 e. The zero-order valence-electron chi connectivity index (χ0n) is 12.9. The second-order valence-electron chi connectivity index (χ2n) is 5.24. The molecule has 1 aromatic heterocycles. The Kier molecular flexibility index (Phi) is 5.40. The summed E-state index contributed by atoms with van der Waals surface area (Å²) in [5.74, 6) is 0.192. The van der Waals surface area contributed by atoms with Gasteiger partial charge in [-0.1, -0.05) is 11.3 Å². The van der Waals surface area contributed by atoms with E-state index in [1.165, 1.54) is 10.5 Å². The first-order valence-corrected chi connectivity index (χ1v) is 9.27. The topological polar surface area (TPSA) is 116 Å². The van der Waals surface area contributed by atoms with Gasteiger partial charge in [0.1, 0.15) is 11.8 Å². The summed E-state index contributed by atoms with van der Waals surface area (Å²) in [5, 5.41) is 12.3. The van der Waals surface area contributed by atoms with E-state index in [0.717, 1.165) is 11.3 Å². The molecular formula is C15H14N4O4S2. The summed E-state index contributed by atoms with van der Waals surface area (Å²) in [4.78, 5) is 16.3. The van der Waals surface area contributed by atoms with Crippen molar-refractivity contribution in [2.45, 2.75) is 18.9 Å². The van der Waals surface area contributed by atoms with Crippen LogP contribution in [0.25, 0.3) is 0 Å². The summed E-state index contributed by atoms with van der Waals surface area (Å²) in [6.07, 6.45) is 2.70. The van der Waals surface area contributed by atoms with Gasteiger partial charge < -0.3 is 10.1 Å². The molecule has 0 saturated carbocycles. The third-order valence-corrected chi connectivity index (χ3v) is 5.25. The number of carbonyl (C=O) groups is 1. The predicted molar refractivity (Wildman–Crippen MR) is 92.5 cm³/mol. The maximum atomic E-state index is 12.3. The average molecular weight is 378 g/mol. The van der Waals surface area contributed by atoms with E-state index in [1.807, 2.05) is 6.07 Å². The van der Waals surface area contributed by atoms with Crippen LogP contribution in [0, 0.1) is 11.3 Å². The number of rotatable bonds is 5. The highest BCUT2D eigenvalue weighted by atomic mass is 32.2. The molecule has 10 heteroatoms. The molecule has 25 heavy (non-hydrogen) atoms. The van der Waals surface area contributed by atoms with E-state index in [2.05, 4.69) is 10.3 Å². The van der Waals surface area contributed by atoms with Crippen LogP contribution in [0.2, 0.25) is 0 Å². The molecule has 1 saturated heterocycles. The molecule has 2 heterocycles. The number of ether oxygens (including phenoxy) is 1. The number of nitrogens with zero attached hydrogens (tertiary/aromatic N) is 3. The number of thiazole rings is 1. The van der Waals surface area contributed by atoms with E-state index in [9.17, 15) is 13.6 Å². The quantitative estimate of drug-likeness (QED) is 0.772. The molecule has 3 rings (SSSR count). The number of hydrogen-bond donors (Lipinski definition) is 2. The van der Waals surface area contributed by atoms with Gasteiger partial charge in [0, 0.05) is 6.54 Å².